The molecule has 12 nitrogen and oxygen atoms in total. The number of alkyl halides is 3. The van der Waals surface area contributed by atoms with Crippen molar-refractivity contribution in [1.82, 2.24) is 40.5 Å². The van der Waals surface area contributed by atoms with Crippen LogP contribution in [0, 0.1) is 0 Å². The Morgan fingerprint density at radius 1 is 1.17 bits per heavy atom. The van der Waals surface area contributed by atoms with E-state index in [-0.39, 0.29) is 23.1 Å². The molecule has 2 amide bonds. The summed E-state index contributed by atoms with van der Waals surface area (Å²) in [5.74, 6) is -0.0908. The normalized spacial score (nSPS) is 17.0. The lowest BCUT2D eigenvalue weighted by Crippen LogP contribution is -2.41. The van der Waals surface area contributed by atoms with Crippen LogP contribution in [0.25, 0.3) is 16.9 Å². The van der Waals surface area contributed by atoms with Gasteiger partial charge in [-0.1, -0.05) is 6.92 Å². The first-order valence-electron chi connectivity index (χ1n) is 13.5. The summed E-state index contributed by atoms with van der Waals surface area (Å²) >= 11 is 0. The van der Waals surface area contributed by atoms with E-state index in [9.17, 15) is 27.9 Å². The highest BCUT2D eigenvalue weighted by Gasteiger charge is 2.36. The summed E-state index contributed by atoms with van der Waals surface area (Å²) in [6.45, 7) is 3.08. The number of amides is 2. The molecule has 1 aliphatic rings. The van der Waals surface area contributed by atoms with Crippen molar-refractivity contribution in [1.29, 1.82) is 0 Å². The molecule has 4 aromatic rings. The maximum atomic E-state index is 13.4. The van der Waals surface area contributed by atoms with E-state index in [1.54, 1.807) is 12.1 Å². The molecule has 1 saturated heterocycles. The van der Waals surface area contributed by atoms with E-state index < -0.39 is 24.0 Å². The van der Waals surface area contributed by atoms with Gasteiger partial charge < -0.3 is 26.4 Å². The summed E-state index contributed by atoms with van der Waals surface area (Å²) in [6.07, 6.45) is 1.77. The maximum Gasteiger partial charge on any atom is 0.433 e. The Balaban J connectivity index is 1.22. The van der Waals surface area contributed by atoms with Gasteiger partial charge in [0.25, 0.3) is 5.91 Å². The first-order valence-corrected chi connectivity index (χ1v) is 13.5. The molecule has 0 spiro atoms. The summed E-state index contributed by atoms with van der Waals surface area (Å²) in [7, 11) is 0. The fourth-order valence-corrected chi connectivity index (χ4v) is 4.86. The topological polar surface area (TPSA) is 161 Å². The van der Waals surface area contributed by atoms with Crippen LogP contribution in [-0.4, -0.2) is 73.3 Å². The number of hydrogen-bond donors (Lipinski definition) is 6. The Kier molecular flexibility index (Phi) is 8.40. The molecule has 3 aromatic heterocycles. The van der Waals surface area contributed by atoms with E-state index in [2.05, 4.69) is 36.3 Å². The lowest BCUT2D eigenvalue weighted by Gasteiger charge is -2.13. The number of anilines is 2. The Morgan fingerprint density at radius 3 is 2.71 bits per heavy atom. The molecule has 15 heteroatoms. The van der Waals surface area contributed by atoms with Crippen LogP contribution in [0.15, 0.2) is 43.0 Å². The fourth-order valence-electron chi connectivity index (χ4n) is 4.86. The largest absolute Gasteiger partial charge is 0.433 e. The summed E-state index contributed by atoms with van der Waals surface area (Å²) in [5.41, 5.74) is 1.32. The molecule has 5 rings (SSSR count). The molecule has 0 saturated carbocycles. The highest BCUT2D eigenvalue weighted by atomic mass is 19.4. The number of aliphatic hydroxyl groups excluding tert-OH is 1. The van der Waals surface area contributed by atoms with Gasteiger partial charge in [-0.3, -0.25) is 19.1 Å². The molecular formula is C27H30F3N9O3. The molecule has 0 radical (unpaired) electrons. The lowest BCUT2D eigenvalue weighted by atomic mass is 10.0. The van der Waals surface area contributed by atoms with Gasteiger partial charge in [-0.2, -0.15) is 18.3 Å². The predicted molar refractivity (Wildman–Crippen MR) is 147 cm³/mol. The number of carbonyl (C=O) groups excluding carboxylic acids is 2. The van der Waals surface area contributed by atoms with Gasteiger partial charge in [-0.05, 0) is 43.0 Å². The van der Waals surface area contributed by atoms with Crippen molar-refractivity contribution in [3.63, 3.8) is 0 Å². The standard InChI is InChI=1S/C27H30F3N9O3/c1-2-15-10-16(4-5-18(15)25(41)32-6-3-7-33-26(42)20-11-17(40)12-34-20)37-23-24-35-14-21(39(24)9-8-31-23)19-13-36-38-22(19)27(28,29)30/h4-5,8-10,13-14,17,20,34,40H,2-3,6-7,11-12H2,1H3,(H,31,37)(H,32,41)(H,33,42)(H,36,38)/t17-,20+/m1/s1. The third-order valence-electron chi connectivity index (χ3n) is 6.98. The van der Waals surface area contributed by atoms with E-state index in [4.69, 9.17) is 0 Å². The third kappa shape index (κ3) is 6.21. The molecule has 1 aliphatic heterocycles. The molecule has 1 aromatic carbocycles. The zero-order chi connectivity index (χ0) is 29.9. The van der Waals surface area contributed by atoms with E-state index in [0.29, 0.717) is 61.6 Å². The molecule has 4 heterocycles. The number of aliphatic hydroxyl groups is 1. The van der Waals surface area contributed by atoms with Crippen molar-refractivity contribution in [2.24, 2.45) is 0 Å². The molecule has 222 valence electrons. The predicted octanol–water partition coefficient (Wildman–Crippen LogP) is 2.40. The van der Waals surface area contributed by atoms with Gasteiger partial charge in [0.2, 0.25) is 5.91 Å². The maximum absolute atomic E-state index is 13.4. The number of imidazole rings is 1. The first-order chi connectivity index (χ1) is 20.2. The fraction of sp³-hybridized carbons (Fsp3) is 0.370. The zero-order valence-corrected chi connectivity index (χ0v) is 22.6. The van der Waals surface area contributed by atoms with Crippen molar-refractivity contribution in [3.05, 3.63) is 59.8 Å². The van der Waals surface area contributed by atoms with Crippen molar-refractivity contribution in [3.8, 4) is 11.3 Å². The molecule has 42 heavy (non-hydrogen) atoms. The van der Waals surface area contributed by atoms with Crippen LogP contribution in [0.2, 0.25) is 0 Å². The van der Waals surface area contributed by atoms with Crippen molar-refractivity contribution >= 4 is 29.0 Å². The Morgan fingerprint density at radius 2 is 1.98 bits per heavy atom. The number of benzene rings is 1. The number of nitrogens with one attached hydrogen (secondary N) is 5. The molecule has 0 aliphatic carbocycles. The molecular weight excluding hydrogens is 555 g/mol. The molecule has 0 bridgehead atoms. The SMILES string of the molecule is CCc1cc(Nc2nccn3c(-c4cn[nH]c4C(F)(F)F)cnc23)ccc1C(=O)NCCCNC(=O)[C@@H]1C[C@@H](O)CN1. The number of fused-ring (bicyclic) bond motifs is 1. The van der Waals surface area contributed by atoms with Gasteiger partial charge in [0.05, 0.1) is 35.8 Å². The number of β-amino-alcohol motifs (C(OH)–C–C–N with tert-alkyl or cyclic N) is 1. The van der Waals surface area contributed by atoms with E-state index in [0.717, 1.165) is 11.8 Å². The quantitative estimate of drug-likeness (QED) is 0.155. The van der Waals surface area contributed by atoms with Gasteiger partial charge >= 0.3 is 6.18 Å². The number of rotatable bonds is 10. The number of halogens is 3. The summed E-state index contributed by atoms with van der Waals surface area (Å²) in [4.78, 5) is 33.6. The average molecular weight is 586 g/mol. The van der Waals surface area contributed by atoms with Crippen molar-refractivity contribution in [2.45, 2.75) is 44.5 Å². The summed E-state index contributed by atoms with van der Waals surface area (Å²) < 4.78 is 41.8. The number of aromatic nitrogens is 5. The van der Waals surface area contributed by atoms with Gasteiger partial charge in [-0.25, -0.2) is 9.97 Å². The van der Waals surface area contributed by atoms with Crippen LogP contribution in [0.4, 0.5) is 24.7 Å². The van der Waals surface area contributed by atoms with Crippen LogP contribution in [0.5, 0.6) is 0 Å². The minimum atomic E-state index is -4.61. The highest BCUT2D eigenvalue weighted by Crippen LogP contribution is 2.36. The van der Waals surface area contributed by atoms with E-state index >= 15 is 0 Å². The Labute approximate surface area is 238 Å². The van der Waals surface area contributed by atoms with Gasteiger partial charge in [0, 0.05) is 43.3 Å². The van der Waals surface area contributed by atoms with Gasteiger partial charge in [0.1, 0.15) is 5.69 Å². The second-order valence-corrected chi connectivity index (χ2v) is 9.87. The third-order valence-corrected chi connectivity index (χ3v) is 6.98. The number of carbonyl (C=O) groups is 2. The number of aryl methyl sites for hydroxylation is 1. The summed E-state index contributed by atoms with van der Waals surface area (Å²) in [6, 6.07) is 4.81. The molecule has 0 unspecified atom stereocenters. The minimum Gasteiger partial charge on any atom is -0.392 e. The lowest BCUT2D eigenvalue weighted by molar-refractivity contribution is -0.140. The molecule has 6 N–H and O–H groups in total. The van der Waals surface area contributed by atoms with Crippen LogP contribution < -0.4 is 21.3 Å². The van der Waals surface area contributed by atoms with Crippen molar-refractivity contribution < 1.29 is 27.9 Å². The smallest absolute Gasteiger partial charge is 0.392 e. The number of H-pyrrole nitrogens is 1. The van der Waals surface area contributed by atoms with Crippen LogP contribution in [0.1, 0.15) is 41.4 Å². The highest BCUT2D eigenvalue weighted by molar-refractivity contribution is 5.96. The van der Waals surface area contributed by atoms with Crippen LogP contribution >= 0.6 is 0 Å². The van der Waals surface area contributed by atoms with Crippen molar-refractivity contribution in [2.75, 3.05) is 25.0 Å². The van der Waals surface area contributed by atoms with E-state index in [1.807, 2.05) is 18.1 Å². The second kappa shape index (κ2) is 12.2. The number of nitrogens with zero attached hydrogens (tertiary/aromatic N) is 4. The number of aromatic amines is 1. The molecule has 2 atom stereocenters. The van der Waals surface area contributed by atoms with Crippen LogP contribution in [0.3, 0.4) is 0 Å². The Hall–Kier alpha value is -4.50. The second-order valence-electron chi connectivity index (χ2n) is 9.87. The van der Waals surface area contributed by atoms with Gasteiger partial charge in [0.15, 0.2) is 11.5 Å². The monoisotopic (exact) mass is 585 g/mol. The average Bonchev–Trinajstić information content (AvgIpc) is 3.72. The summed E-state index contributed by atoms with van der Waals surface area (Å²) in [5, 5.41) is 26.9. The zero-order valence-electron chi connectivity index (χ0n) is 22.6. The first kappa shape index (κ1) is 29.0. The van der Waals surface area contributed by atoms with Gasteiger partial charge in [-0.15, -0.1) is 0 Å². The van der Waals surface area contributed by atoms with Crippen LogP contribution in [-0.2, 0) is 17.4 Å². The van der Waals surface area contributed by atoms with E-state index in [1.165, 1.54) is 23.0 Å². The minimum absolute atomic E-state index is 0.135. The molecule has 1 fully saturated rings. The number of hydrogen-bond acceptors (Lipinski definition) is 8. The Bertz CT molecular complexity index is 1580.